The summed E-state index contributed by atoms with van der Waals surface area (Å²) in [7, 11) is -3.65. The van der Waals surface area contributed by atoms with Gasteiger partial charge < -0.3 is 21.1 Å². The van der Waals surface area contributed by atoms with E-state index in [1.54, 1.807) is 0 Å². The number of hydrogen-bond donors (Lipinski definition) is 3. The first-order chi connectivity index (χ1) is 17.2. The van der Waals surface area contributed by atoms with Crippen LogP contribution < -0.4 is 11.1 Å². The molecule has 2 fully saturated rings. The topological polar surface area (TPSA) is 150 Å². The van der Waals surface area contributed by atoms with Crippen LogP contribution in [0.2, 0.25) is 0 Å². The number of carboxylic acid groups (broad SMARTS) is 1. The Labute approximate surface area is 214 Å². The monoisotopic (exact) mass is 550 g/mol. The number of nitrogens with zero attached hydrogens (tertiary/aromatic N) is 2. The Hall–Kier alpha value is -2.71. The molecule has 10 nitrogen and oxygen atoms in total. The number of sulfonamides is 1. The lowest BCUT2D eigenvalue weighted by atomic mass is 9.97. The van der Waals surface area contributed by atoms with E-state index in [4.69, 9.17) is 15.6 Å². The van der Waals surface area contributed by atoms with Crippen molar-refractivity contribution in [2.24, 2.45) is 11.7 Å². The van der Waals surface area contributed by atoms with Crippen LogP contribution in [0.1, 0.15) is 31.2 Å². The molecule has 1 aromatic rings. The number of carboxylic acids is 1. The molecular formula is C23H33F3N4O6S. The molecule has 2 aliphatic heterocycles. The average Bonchev–Trinajstić information content (AvgIpc) is 3.32. The number of aliphatic carboxylic acids is 1. The van der Waals surface area contributed by atoms with Gasteiger partial charge in [-0.1, -0.05) is 30.3 Å². The van der Waals surface area contributed by atoms with Crippen LogP contribution in [-0.4, -0.2) is 91.2 Å². The van der Waals surface area contributed by atoms with Gasteiger partial charge in [-0.05, 0) is 56.7 Å². The zero-order valence-corrected chi connectivity index (χ0v) is 21.3. The Kier molecular flexibility index (Phi) is 10.9. The molecular weight excluding hydrogens is 517 g/mol. The van der Waals surface area contributed by atoms with Crippen molar-refractivity contribution in [3.63, 3.8) is 0 Å². The predicted octanol–water partition coefficient (Wildman–Crippen LogP) is 0.969. The van der Waals surface area contributed by atoms with Crippen molar-refractivity contribution >= 4 is 27.8 Å². The minimum atomic E-state index is -5.08. The van der Waals surface area contributed by atoms with E-state index in [9.17, 15) is 31.2 Å². The van der Waals surface area contributed by atoms with Gasteiger partial charge in [0.15, 0.2) is 0 Å². The number of hydrogen-bond acceptors (Lipinski definition) is 6. The summed E-state index contributed by atoms with van der Waals surface area (Å²) in [6.45, 7) is 2.41. The van der Waals surface area contributed by atoms with Crippen molar-refractivity contribution in [2.75, 3.05) is 32.4 Å². The maximum atomic E-state index is 13.6. The van der Waals surface area contributed by atoms with E-state index in [0.29, 0.717) is 25.9 Å². The molecule has 0 aromatic heterocycles. The Bertz CT molecular complexity index is 1030. The van der Waals surface area contributed by atoms with E-state index in [-0.39, 0.29) is 18.2 Å². The summed E-state index contributed by atoms with van der Waals surface area (Å²) >= 11 is 0. The van der Waals surface area contributed by atoms with Crippen molar-refractivity contribution in [3.05, 3.63) is 35.9 Å². The number of nitrogens with one attached hydrogen (secondary N) is 1. The molecule has 4 N–H and O–H groups in total. The number of carbonyl (C=O) groups is 3. The van der Waals surface area contributed by atoms with Gasteiger partial charge in [-0.3, -0.25) is 9.59 Å². The van der Waals surface area contributed by atoms with Gasteiger partial charge in [0.05, 0.1) is 6.26 Å². The second-order valence-corrected chi connectivity index (χ2v) is 11.1. The Balaban J connectivity index is 0.000000604. The maximum Gasteiger partial charge on any atom is 0.490 e. The number of amides is 2. The lowest BCUT2D eigenvalue weighted by molar-refractivity contribution is -0.192. The summed E-state index contributed by atoms with van der Waals surface area (Å²) in [6.07, 6.45) is -0.719. The highest BCUT2D eigenvalue weighted by Gasteiger charge is 2.41. The molecule has 37 heavy (non-hydrogen) atoms. The van der Waals surface area contributed by atoms with Gasteiger partial charge in [0, 0.05) is 13.1 Å². The fourth-order valence-corrected chi connectivity index (χ4v) is 5.59. The third kappa shape index (κ3) is 9.27. The fourth-order valence-electron chi connectivity index (χ4n) is 4.48. The van der Waals surface area contributed by atoms with Crippen molar-refractivity contribution < 1.29 is 41.1 Å². The molecule has 0 spiro atoms. The van der Waals surface area contributed by atoms with Crippen LogP contribution in [0, 0.1) is 5.92 Å². The third-order valence-corrected chi connectivity index (χ3v) is 7.59. The highest BCUT2D eigenvalue weighted by atomic mass is 32.2. The van der Waals surface area contributed by atoms with Crippen LogP contribution in [0.25, 0.3) is 0 Å². The molecule has 2 atom stereocenters. The van der Waals surface area contributed by atoms with Gasteiger partial charge in [-0.2, -0.15) is 17.5 Å². The summed E-state index contributed by atoms with van der Waals surface area (Å²) in [5.74, 6) is -3.44. The van der Waals surface area contributed by atoms with Gasteiger partial charge >= 0.3 is 12.1 Å². The summed E-state index contributed by atoms with van der Waals surface area (Å²) in [6, 6.07) is 7.84. The van der Waals surface area contributed by atoms with Crippen LogP contribution in [0.3, 0.4) is 0 Å². The van der Waals surface area contributed by atoms with Crippen LogP contribution in [0.5, 0.6) is 0 Å². The third-order valence-electron chi connectivity index (χ3n) is 6.33. The number of likely N-dealkylation sites (tertiary alicyclic amines) is 1. The van der Waals surface area contributed by atoms with Crippen LogP contribution in [0.4, 0.5) is 13.2 Å². The highest BCUT2D eigenvalue weighted by molar-refractivity contribution is 7.88. The molecule has 2 aliphatic rings. The molecule has 0 saturated carbocycles. The summed E-state index contributed by atoms with van der Waals surface area (Å²) in [5.41, 5.74) is 6.40. The van der Waals surface area contributed by atoms with Crippen LogP contribution in [-0.2, 0) is 30.8 Å². The van der Waals surface area contributed by atoms with Gasteiger partial charge in [-0.25, -0.2) is 13.2 Å². The predicted molar refractivity (Wildman–Crippen MR) is 129 cm³/mol. The first-order valence-corrected chi connectivity index (χ1v) is 13.7. The second-order valence-electron chi connectivity index (χ2n) is 9.13. The molecule has 0 aliphatic carbocycles. The fraction of sp³-hybridized carbons (Fsp3) is 0.609. The lowest BCUT2D eigenvalue weighted by Gasteiger charge is -2.36. The molecule has 2 amide bonds. The zero-order chi connectivity index (χ0) is 27.8. The summed E-state index contributed by atoms with van der Waals surface area (Å²) in [5, 5.41) is 10.4. The molecule has 2 heterocycles. The van der Waals surface area contributed by atoms with E-state index in [1.165, 1.54) is 9.21 Å². The first-order valence-electron chi connectivity index (χ1n) is 11.8. The molecule has 3 rings (SSSR count). The minimum absolute atomic E-state index is 0.192. The minimum Gasteiger partial charge on any atom is -0.475 e. The molecule has 0 unspecified atom stereocenters. The van der Waals surface area contributed by atoms with E-state index in [0.717, 1.165) is 37.8 Å². The van der Waals surface area contributed by atoms with Gasteiger partial charge in [0.1, 0.15) is 12.1 Å². The van der Waals surface area contributed by atoms with E-state index >= 15 is 0 Å². The molecule has 14 heteroatoms. The van der Waals surface area contributed by atoms with Gasteiger partial charge in [0.25, 0.3) is 0 Å². The normalized spacial score (nSPS) is 19.7. The highest BCUT2D eigenvalue weighted by Crippen LogP contribution is 2.25. The van der Waals surface area contributed by atoms with Crippen molar-refractivity contribution in [1.29, 1.82) is 0 Å². The van der Waals surface area contributed by atoms with Gasteiger partial charge in [-0.15, -0.1) is 0 Å². The Morgan fingerprint density at radius 1 is 1.16 bits per heavy atom. The number of piperidine rings is 1. The van der Waals surface area contributed by atoms with Gasteiger partial charge in [0.2, 0.25) is 21.8 Å². The first kappa shape index (κ1) is 30.5. The number of halogens is 3. The lowest BCUT2D eigenvalue weighted by Crippen LogP contribution is -2.56. The Morgan fingerprint density at radius 2 is 1.73 bits per heavy atom. The number of benzene rings is 1. The number of nitrogens with two attached hydrogens (primary N) is 1. The van der Waals surface area contributed by atoms with Crippen LogP contribution in [0.15, 0.2) is 30.3 Å². The second kappa shape index (κ2) is 13.2. The average molecular weight is 551 g/mol. The van der Waals surface area contributed by atoms with E-state index in [1.807, 2.05) is 30.3 Å². The van der Waals surface area contributed by atoms with Crippen LogP contribution >= 0.6 is 0 Å². The summed E-state index contributed by atoms with van der Waals surface area (Å²) < 4.78 is 58.7. The summed E-state index contributed by atoms with van der Waals surface area (Å²) in [4.78, 5) is 35.8. The number of rotatable bonds is 8. The molecule has 0 radical (unpaired) electrons. The molecule has 0 bridgehead atoms. The molecule has 208 valence electrons. The standard InChI is InChI=1S/C21H32N4O4S.C2HF3O2/c1-30(28,29)25(15-17-9-11-23-12-10-17)19(14-16-6-3-2-4-7-16)21(27)24-13-5-8-18(24)20(22)26;3-2(4,5)1(6)7/h2-4,6-7,17-19,23H,5,8-15H2,1H3,(H2,22,26);(H,6,7)/t18-,19+;/m0./s1. The number of carbonyl (C=O) groups excluding carboxylic acids is 2. The zero-order valence-electron chi connectivity index (χ0n) is 20.5. The SMILES string of the molecule is CS(=O)(=O)N(CC1CCNCC1)[C@H](Cc1ccccc1)C(=O)N1CCC[C@H]1C(N)=O.O=C(O)C(F)(F)F. The largest absolute Gasteiger partial charge is 0.490 e. The van der Waals surface area contributed by atoms with E-state index < -0.39 is 40.2 Å². The van der Waals surface area contributed by atoms with Crippen molar-refractivity contribution in [1.82, 2.24) is 14.5 Å². The van der Waals surface area contributed by atoms with E-state index in [2.05, 4.69) is 5.32 Å². The quantitative estimate of drug-likeness (QED) is 0.437. The number of alkyl halides is 3. The van der Waals surface area contributed by atoms with Crippen molar-refractivity contribution in [2.45, 2.75) is 50.4 Å². The maximum absolute atomic E-state index is 13.6. The number of primary amides is 1. The smallest absolute Gasteiger partial charge is 0.475 e. The molecule has 1 aromatic carbocycles. The Morgan fingerprint density at radius 3 is 2.22 bits per heavy atom. The van der Waals surface area contributed by atoms with Crippen molar-refractivity contribution in [3.8, 4) is 0 Å². The molecule has 2 saturated heterocycles.